The van der Waals surface area contributed by atoms with Crippen molar-refractivity contribution in [2.75, 3.05) is 52.1 Å². The second-order valence-corrected chi connectivity index (χ2v) is 12.3. The van der Waals surface area contributed by atoms with Gasteiger partial charge in [-0.05, 0) is 13.1 Å². The van der Waals surface area contributed by atoms with Crippen molar-refractivity contribution in [1.29, 1.82) is 0 Å². The second-order valence-electron chi connectivity index (χ2n) is 7.68. The lowest BCUT2D eigenvalue weighted by molar-refractivity contribution is -0.0440. The summed E-state index contributed by atoms with van der Waals surface area (Å²) in [5.41, 5.74) is 1.13. The third-order valence-electron chi connectivity index (χ3n) is 5.17. The maximum atomic E-state index is 12.0. The molecule has 2 heterocycles. The van der Waals surface area contributed by atoms with Crippen molar-refractivity contribution in [3.63, 3.8) is 0 Å². The van der Waals surface area contributed by atoms with Gasteiger partial charge in [-0.25, -0.2) is 4.79 Å². The zero-order valence-corrected chi connectivity index (χ0v) is 17.2. The smallest absolute Gasteiger partial charge is 0.317 e. The summed E-state index contributed by atoms with van der Waals surface area (Å²) in [5.74, 6) is 0. The molecule has 0 radical (unpaired) electrons. The molecule has 2 aliphatic heterocycles. The fourth-order valence-corrected chi connectivity index (χ4v) is 6.40. The summed E-state index contributed by atoms with van der Waals surface area (Å²) < 4.78 is 11.3. The van der Waals surface area contributed by atoms with Crippen LogP contribution < -0.4 is 10.5 Å². The molecule has 1 aromatic carbocycles. The van der Waals surface area contributed by atoms with Gasteiger partial charge in [0.05, 0.1) is 21.3 Å². The van der Waals surface area contributed by atoms with Crippen LogP contribution in [0.25, 0.3) is 0 Å². The third-order valence-corrected chi connectivity index (χ3v) is 8.28. The van der Waals surface area contributed by atoms with E-state index in [1.165, 1.54) is 5.19 Å². The quantitative estimate of drug-likeness (QED) is 0.791. The molecule has 2 amide bonds. The van der Waals surface area contributed by atoms with Gasteiger partial charge in [-0.2, -0.15) is 0 Å². The highest BCUT2D eigenvalue weighted by atomic mass is 28.3. The number of ether oxygens (including phenoxy) is 2. The van der Waals surface area contributed by atoms with Crippen LogP contribution in [0, 0.1) is 0 Å². The maximum Gasteiger partial charge on any atom is 0.317 e. The number of hydrogen-bond donors (Lipinski definition) is 1. The molecule has 2 saturated heterocycles. The molecule has 26 heavy (non-hydrogen) atoms. The number of nitrogens with zero attached hydrogens (tertiary/aromatic N) is 2. The molecule has 0 atom stereocenters. The molecule has 0 saturated carbocycles. The summed E-state index contributed by atoms with van der Waals surface area (Å²) in [7, 11) is -1.62. The van der Waals surface area contributed by atoms with E-state index in [9.17, 15) is 4.79 Å². The average Bonchev–Trinajstić information content (AvgIpc) is 3.17. The molecule has 0 unspecified atom stereocenters. The van der Waals surface area contributed by atoms with E-state index in [-0.39, 0.29) is 12.3 Å². The Morgan fingerprint density at radius 2 is 1.88 bits per heavy atom. The molecule has 2 fully saturated rings. The number of piperazine rings is 1. The van der Waals surface area contributed by atoms with Crippen molar-refractivity contribution >= 4 is 19.3 Å². The van der Waals surface area contributed by atoms with Gasteiger partial charge >= 0.3 is 6.03 Å². The van der Waals surface area contributed by atoms with E-state index in [0.717, 1.165) is 37.9 Å². The van der Waals surface area contributed by atoms with Crippen molar-refractivity contribution in [3.8, 4) is 0 Å². The minimum Gasteiger partial charge on any atom is -0.346 e. The van der Waals surface area contributed by atoms with Crippen molar-refractivity contribution in [2.24, 2.45) is 0 Å². The normalized spacial score (nSPS) is 19.7. The first-order chi connectivity index (χ1) is 12.5. The Kier molecular flexibility index (Phi) is 6.34. The summed E-state index contributed by atoms with van der Waals surface area (Å²) in [5, 5.41) is 4.32. The highest BCUT2D eigenvalue weighted by molar-refractivity contribution is 6.90. The monoisotopic (exact) mass is 377 g/mol. The van der Waals surface area contributed by atoms with E-state index in [2.05, 4.69) is 47.6 Å². The van der Waals surface area contributed by atoms with Crippen LogP contribution in [0.2, 0.25) is 13.1 Å². The Hall–Kier alpha value is -1.41. The highest BCUT2D eigenvalue weighted by Crippen LogP contribution is 2.23. The molecule has 7 heteroatoms. The van der Waals surface area contributed by atoms with Crippen LogP contribution in [0.5, 0.6) is 0 Å². The van der Waals surface area contributed by atoms with Crippen molar-refractivity contribution in [3.05, 3.63) is 29.8 Å². The standard InChI is InChI=1S/C19H31N3O3Si/c1-4-20-19(23)22-10-8-21(9-11-22)15-26(2,3)17-7-5-6-16(14-17)18-24-12-13-25-18/h5-7,14,18H,4,8-13,15H2,1-3H3,(H,20,23). The van der Waals surface area contributed by atoms with Crippen molar-refractivity contribution in [1.82, 2.24) is 15.1 Å². The first-order valence-electron chi connectivity index (χ1n) is 9.58. The zero-order valence-electron chi connectivity index (χ0n) is 16.2. The van der Waals surface area contributed by atoms with Crippen LogP contribution >= 0.6 is 0 Å². The summed E-state index contributed by atoms with van der Waals surface area (Å²) in [4.78, 5) is 16.4. The summed E-state index contributed by atoms with van der Waals surface area (Å²) in [6.45, 7) is 12.3. The van der Waals surface area contributed by atoms with E-state index >= 15 is 0 Å². The number of carbonyl (C=O) groups is 1. The van der Waals surface area contributed by atoms with Gasteiger partial charge in [-0.1, -0.05) is 42.5 Å². The van der Waals surface area contributed by atoms with E-state index in [1.807, 2.05) is 11.8 Å². The van der Waals surface area contributed by atoms with Gasteiger partial charge in [0.15, 0.2) is 6.29 Å². The minimum absolute atomic E-state index is 0.0629. The summed E-state index contributed by atoms with van der Waals surface area (Å²) >= 11 is 0. The molecule has 0 aromatic heterocycles. The molecule has 3 rings (SSSR count). The first-order valence-corrected chi connectivity index (χ1v) is 12.8. The number of benzene rings is 1. The van der Waals surface area contributed by atoms with E-state index < -0.39 is 8.07 Å². The van der Waals surface area contributed by atoms with Crippen LogP contribution in [0.4, 0.5) is 4.79 Å². The van der Waals surface area contributed by atoms with E-state index in [1.54, 1.807) is 0 Å². The lowest BCUT2D eigenvalue weighted by atomic mass is 10.2. The SMILES string of the molecule is CCNC(=O)N1CCN(C[Si](C)(C)c2cccc(C3OCCO3)c2)CC1. The second kappa shape index (κ2) is 8.52. The Balaban J connectivity index is 1.59. The lowest BCUT2D eigenvalue weighted by Crippen LogP contribution is -2.58. The molecule has 0 aliphatic carbocycles. The van der Waals surface area contributed by atoms with Crippen LogP contribution in [-0.4, -0.2) is 76.0 Å². The number of nitrogens with one attached hydrogen (secondary N) is 1. The number of carbonyl (C=O) groups excluding carboxylic acids is 1. The Bertz CT molecular complexity index is 612. The predicted octanol–water partition coefficient (Wildman–Crippen LogP) is 1.53. The van der Waals surface area contributed by atoms with Crippen LogP contribution in [-0.2, 0) is 9.47 Å². The fraction of sp³-hybridized carbons (Fsp3) is 0.632. The number of hydrogen-bond acceptors (Lipinski definition) is 4. The fourth-order valence-electron chi connectivity index (χ4n) is 3.68. The highest BCUT2D eigenvalue weighted by Gasteiger charge is 2.30. The molecule has 2 aliphatic rings. The Morgan fingerprint density at radius 1 is 1.19 bits per heavy atom. The van der Waals surface area contributed by atoms with E-state index in [4.69, 9.17) is 9.47 Å². The van der Waals surface area contributed by atoms with Crippen molar-refractivity contribution < 1.29 is 14.3 Å². The predicted molar refractivity (Wildman–Crippen MR) is 105 cm³/mol. The number of rotatable bonds is 5. The molecule has 0 bridgehead atoms. The number of urea groups is 1. The van der Waals surface area contributed by atoms with Gasteiger partial charge in [0, 0.05) is 38.3 Å². The molecule has 6 nitrogen and oxygen atoms in total. The summed E-state index contributed by atoms with van der Waals surface area (Å²) in [6, 6.07) is 8.79. The summed E-state index contributed by atoms with van der Waals surface area (Å²) in [6.07, 6.45) is 0.895. The number of amides is 2. The molecular formula is C19H31N3O3Si. The van der Waals surface area contributed by atoms with E-state index in [0.29, 0.717) is 19.8 Å². The largest absolute Gasteiger partial charge is 0.346 e. The molecule has 144 valence electrons. The molecular weight excluding hydrogens is 346 g/mol. The van der Waals surface area contributed by atoms with Crippen LogP contribution in [0.1, 0.15) is 18.8 Å². The van der Waals surface area contributed by atoms with Gasteiger partial charge in [0.2, 0.25) is 0 Å². The first kappa shape index (κ1) is 19.4. The Morgan fingerprint density at radius 3 is 2.54 bits per heavy atom. The average molecular weight is 378 g/mol. The van der Waals surface area contributed by atoms with Gasteiger partial charge in [-0.15, -0.1) is 0 Å². The van der Waals surface area contributed by atoms with Crippen molar-refractivity contribution in [2.45, 2.75) is 26.3 Å². The minimum atomic E-state index is -1.62. The lowest BCUT2D eigenvalue weighted by Gasteiger charge is -2.38. The van der Waals surface area contributed by atoms with Crippen LogP contribution in [0.3, 0.4) is 0 Å². The van der Waals surface area contributed by atoms with Gasteiger partial charge in [0.1, 0.15) is 0 Å². The topological polar surface area (TPSA) is 54.0 Å². The zero-order chi connectivity index (χ0) is 18.6. The van der Waals surface area contributed by atoms with Gasteiger partial charge in [0.25, 0.3) is 0 Å². The van der Waals surface area contributed by atoms with Gasteiger partial charge in [-0.3, -0.25) is 0 Å². The van der Waals surface area contributed by atoms with Crippen LogP contribution in [0.15, 0.2) is 24.3 Å². The third kappa shape index (κ3) is 4.65. The molecule has 1 aromatic rings. The maximum absolute atomic E-state index is 12.0. The van der Waals surface area contributed by atoms with Gasteiger partial charge < -0.3 is 24.6 Å². The molecule has 0 spiro atoms. The Labute approximate surface area is 157 Å². The molecule has 1 N–H and O–H groups in total.